The zero-order valence-corrected chi connectivity index (χ0v) is 14.0. The number of benzene rings is 2. The topological polar surface area (TPSA) is 41.6 Å². The summed E-state index contributed by atoms with van der Waals surface area (Å²) >= 11 is 0. The fourth-order valence-corrected chi connectivity index (χ4v) is 2.31. The van der Waals surface area contributed by atoms with Crippen LogP contribution in [0, 0.1) is 5.82 Å². The van der Waals surface area contributed by atoms with Crippen molar-refractivity contribution in [3.05, 3.63) is 65.5 Å². The molecule has 2 rings (SSSR count). The van der Waals surface area contributed by atoms with Gasteiger partial charge in [0.1, 0.15) is 11.6 Å². The number of hydrogen-bond acceptors (Lipinski definition) is 3. The van der Waals surface area contributed by atoms with Gasteiger partial charge in [-0.3, -0.25) is 9.69 Å². The second kappa shape index (κ2) is 8.66. The fourth-order valence-electron chi connectivity index (χ4n) is 2.31. The van der Waals surface area contributed by atoms with Crippen LogP contribution in [0.3, 0.4) is 0 Å². The van der Waals surface area contributed by atoms with E-state index in [1.54, 1.807) is 30.1 Å². The van der Waals surface area contributed by atoms with E-state index in [0.29, 0.717) is 5.56 Å². The maximum atomic E-state index is 12.8. The van der Waals surface area contributed by atoms with Crippen LogP contribution in [0.1, 0.15) is 11.1 Å². The summed E-state index contributed by atoms with van der Waals surface area (Å²) in [6.45, 7) is 0.332. The molecule has 4 nitrogen and oxygen atoms in total. The van der Waals surface area contributed by atoms with Crippen LogP contribution in [0.2, 0.25) is 0 Å². The number of nitrogens with zero attached hydrogens (tertiary/aromatic N) is 1. The number of carbonyl (C=O) groups excluding carboxylic acids is 1. The Labute approximate surface area is 148 Å². The van der Waals surface area contributed by atoms with Crippen LogP contribution in [0.25, 0.3) is 0 Å². The lowest BCUT2D eigenvalue weighted by Gasteiger charge is -2.19. The van der Waals surface area contributed by atoms with Crippen molar-refractivity contribution in [1.29, 1.82) is 0 Å². The Kier molecular flexibility index (Phi) is 6.57. The minimum atomic E-state index is -4.78. The first-order valence-electron chi connectivity index (χ1n) is 7.76. The van der Waals surface area contributed by atoms with Gasteiger partial charge in [-0.1, -0.05) is 30.3 Å². The van der Waals surface area contributed by atoms with E-state index in [2.05, 4.69) is 10.1 Å². The molecule has 0 atom stereocenters. The minimum absolute atomic E-state index is 0.0124. The Hall–Kier alpha value is -2.61. The average Bonchev–Trinajstić information content (AvgIpc) is 2.55. The van der Waals surface area contributed by atoms with Crippen molar-refractivity contribution in [3.8, 4) is 5.75 Å². The highest BCUT2D eigenvalue weighted by atomic mass is 19.4. The highest BCUT2D eigenvalue weighted by Crippen LogP contribution is 2.26. The van der Waals surface area contributed by atoms with Gasteiger partial charge < -0.3 is 10.1 Å². The molecule has 0 aromatic heterocycles. The van der Waals surface area contributed by atoms with E-state index in [-0.39, 0.29) is 37.1 Å². The summed E-state index contributed by atoms with van der Waals surface area (Å²) in [4.78, 5) is 13.5. The van der Waals surface area contributed by atoms with Crippen molar-refractivity contribution in [2.45, 2.75) is 19.5 Å². The quantitative estimate of drug-likeness (QED) is 0.759. The van der Waals surface area contributed by atoms with Crippen LogP contribution in [-0.2, 0) is 17.9 Å². The molecule has 140 valence electrons. The molecule has 26 heavy (non-hydrogen) atoms. The van der Waals surface area contributed by atoms with Crippen LogP contribution in [0.15, 0.2) is 48.5 Å². The minimum Gasteiger partial charge on any atom is -0.405 e. The summed E-state index contributed by atoms with van der Waals surface area (Å²) in [6.07, 6.45) is -4.78. The number of nitrogens with one attached hydrogen (secondary N) is 1. The van der Waals surface area contributed by atoms with E-state index >= 15 is 0 Å². The molecule has 1 amide bonds. The molecule has 1 N–H and O–H groups in total. The van der Waals surface area contributed by atoms with Crippen molar-refractivity contribution in [3.63, 3.8) is 0 Å². The molecule has 0 heterocycles. The maximum Gasteiger partial charge on any atom is 0.573 e. The third-order valence-corrected chi connectivity index (χ3v) is 3.46. The smallest absolute Gasteiger partial charge is 0.405 e. The average molecular weight is 370 g/mol. The van der Waals surface area contributed by atoms with Gasteiger partial charge >= 0.3 is 6.36 Å². The normalized spacial score (nSPS) is 11.5. The van der Waals surface area contributed by atoms with Gasteiger partial charge in [-0.2, -0.15) is 0 Å². The molecule has 0 saturated carbocycles. The first-order valence-corrected chi connectivity index (χ1v) is 7.76. The third-order valence-electron chi connectivity index (χ3n) is 3.46. The zero-order valence-electron chi connectivity index (χ0n) is 14.0. The number of carbonyl (C=O) groups is 1. The molecule has 0 aliphatic heterocycles. The lowest BCUT2D eigenvalue weighted by Crippen LogP contribution is -2.34. The molecule has 0 spiro atoms. The molecule has 0 saturated heterocycles. The Bertz CT molecular complexity index is 733. The predicted molar refractivity (Wildman–Crippen MR) is 87.7 cm³/mol. The summed E-state index contributed by atoms with van der Waals surface area (Å²) in [5.74, 6) is -0.954. The van der Waals surface area contributed by atoms with E-state index in [0.717, 1.165) is 5.56 Å². The van der Waals surface area contributed by atoms with Crippen LogP contribution in [-0.4, -0.2) is 30.8 Å². The van der Waals surface area contributed by atoms with Crippen molar-refractivity contribution in [1.82, 2.24) is 10.2 Å². The SMILES string of the molecule is CN(CC(=O)NCc1ccc(F)cc1)Cc1ccccc1OC(F)(F)F. The molecular weight excluding hydrogens is 352 g/mol. The molecule has 2 aromatic rings. The Morgan fingerprint density at radius 3 is 2.42 bits per heavy atom. The van der Waals surface area contributed by atoms with Gasteiger partial charge in [0.25, 0.3) is 0 Å². The van der Waals surface area contributed by atoms with Gasteiger partial charge in [0.15, 0.2) is 0 Å². The number of alkyl halides is 3. The van der Waals surface area contributed by atoms with Gasteiger partial charge in [0.05, 0.1) is 6.54 Å². The van der Waals surface area contributed by atoms with Crippen molar-refractivity contribution >= 4 is 5.91 Å². The molecule has 0 fully saturated rings. The number of hydrogen-bond donors (Lipinski definition) is 1. The van der Waals surface area contributed by atoms with E-state index in [1.807, 2.05) is 0 Å². The Morgan fingerprint density at radius 2 is 1.77 bits per heavy atom. The Balaban J connectivity index is 1.87. The van der Waals surface area contributed by atoms with Crippen LogP contribution in [0.4, 0.5) is 17.6 Å². The molecular formula is C18H18F4N2O2. The molecule has 0 unspecified atom stereocenters. The maximum absolute atomic E-state index is 12.8. The number of halogens is 4. The van der Waals surface area contributed by atoms with E-state index in [9.17, 15) is 22.4 Å². The highest BCUT2D eigenvalue weighted by Gasteiger charge is 2.32. The van der Waals surface area contributed by atoms with Gasteiger partial charge in [-0.05, 0) is 30.8 Å². The number of likely N-dealkylation sites (N-methyl/N-ethyl adjacent to an activating group) is 1. The largest absolute Gasteiger partial charge is 0.573 e. The highest BCUT2D eigenvalue weighted by molar-refractivity contribution is 5.77. The summed E-state index contributed by atoms with van der Waals surface area (Å²) in [6, 6.07) is 11.5. The summed E-state index contributed by atoms with van der Waals surface area (Å²) in [5.41, 5.74) is 1.06. The second-order valence-corrected chi connectivity index (χ2v) is 5.73. The van der Waals surface area contributed by atoms with E-state index in [4.69, 9.17) is 0 Å². The standard InChI is InChI=1S/C18H18F4N2O2/c1-24(11-14-4-2-3-5-16(14)26-18(20,21)22)12-17(25)23-10-13-6-8-15(19)9-7-13/h2-9H,10-12H2,1H3,(H,23,25). The van der Waals surface area contributed by atoms with Crippen LogP contribution >= 0.6 is 0 Å². The van der Waals surface area contributed by atoms with Crippen molar-refractivity contribution in [2.24, 2.45) is 0 Å². The van der Waals surface area contributed by atoms with E-state index in [1.165, 1.54) is 30.3 Å². The number of ether oxygens (including phenoxy) is 1. The second-order valence-electron chi connectivity index (χ2n) is 5.73. The molecule has 8 heteroatoms. The van der Waals surface area contributed by atoms with E-state index < -0.39 is 6.36 Å². The first-order chi connectivity index (χ1) is 12.2. The number of para-hydroxylation sites is 1. The monoisotopic (exact) mass is 370 g/mol. The molecule has 0 aliphatic carbocycles. The van der Waals surface area contributed by atoms with Crippen molar-refractivity contribution < 1.29 is 27.1 Å². The Morgan fingerprint density at radius 1 is 1.12 bits per heavy atom. The lowest BCUT2D eigenvalue weighted by atomic mass is 10.2. The molecule has 0 aliphatic rings. The van der Waals surface area contributed by atoms with Gasteiger partial charge in [-0.15, -0.1) is 13.2 Å². The van der Waals surface area contributed by atoms with Gasteiger partial charge in [-0.25, -0.2) is 4.39 Å². The fraction of sp³-hybridized carbons (Fsp3) is 0.278. The summed E-state index contributed by atoms with van der Waals surface area (Å²) in [5, 5.41) is 2.67. The summed E-state index contributed by atoms with van der Waals surface area (Å²) < 4.78 is 54.1. The molecule has 0 radical (unpaired) electrons. The van der Waals surface area contributed by atoms with Gasteiger partial charge in [0.2, 0.25) is 5.91 Å². The van der Waals surface area contributed by atoms with Crippen LogP contribution in [0.5, 0.6) is 5.75 Å². The van der Waals surface area contributed by atoms with Crippen LogP contribution < -0.4 is 10.1 Å². The lowest BCUT2D eigenvalue weighted by molar-refractivity contribution is -0.275. The summed E-state index contributed by atoms with van der Waals surface area (Å²) in [7, 11) is 1.61. The number of rotatable bonds is 7. The predicted octanol–water partition coefficient (Wildman–Crippen LogP) is 3.47. The third kappa shape index (κ3) is 6.72. The first kappa shape index (κ1) is 19.7. The number of amides is 1. The van der Waals surface area contributed by atoms with Crippen molar-refractivity contribution in [2.75, 3.05) is 13.6 Å². The zero-order chi connectivity index (χ0) is 19.2. The van der Waals surface area contributed by atoms with Gasteiger partial charge in [0, 0.05) is 18.7 Å². The molecule has 2 aromatic carbocycles. The molecule has 0 bridgehead atoms.